The lowest BCUT2D eigenvalue weighted by atomic mass is 10.0. The molecular formula is C15H13Br2ClO. The van der Waals surface area contributed by atoms with E-state index in [2.05, 4.69) is 57.0 Å². The van der Waals surface area contributed by atoms with Crippen LogP contribution in [-0.2, 0) is 0 Å². The summed E-state index contributed by atoms with van der Waals surface area (Å²) in [6, 6.07) is 11.9. The van der Waals surface area contributed by atoms with Gasteiger partial charge >= 0.3 is 0 Å². The number of benzene rings is 2. The normalized spacial score (nSPS) is 12.3. The number of alkyl halides is 1. The molecule has 0 N–H and O–H groups in total. The monoisotopic (exact) mass is 402 g/mol. The Morgan fingerprint density at radius 2 is 1.84 bits per heavy atom. The van der Waals surface area contributed by atoms with Crippen LogP contribution in [0.15, 0.2) is 40.9 Å². The molecule has 1 nitrogen and oxygen atoms in total. The van der Waals surface area contributed by atoms with Gasteiger partial charge in [0.25, 0.3) is 0 Å². The predicted octanol–water partition coefficient (Wildman–Crippen LogP) is 5.90. The van der Waals surface area contributed by atoms with E-state index >= 15 is 0 Å². The molecule has 0 heterocycles. The summed E-state index contributed by atoms with van der Waals surface area (Å²) in [5.41, 5.74) is 3.37. The summed E-state index contributed by atoms with van der Waals surface area (Å²) in [4.78, 5) is 0.0242. The van der Waals surface area contributed by atoms with E-state index in [1.807, 2.05) is 18.2 Å². The van der Waals surface area contributed by atoms with E-state index in [4.69, 9.17) is 16.3 Å². The SMILES string of the molecule is COc1ccc(Cl)cc1C(Br)c1ccc(C)cc1Br. The van der Waals surface area contributed by atoms with Crippen molar-refractivity contribution in [3.8, 4) is 5.75 Å². The fourth-order valence-corrected chi connectivity index (χ4v) is 3.88. The summed E-state index contributed by atoms with van der Waals surface area (Å²) < 4.78 is 6.47. The van der Waals surface area contributed by atoms with Crippen LogP contribution < -0.4 is 4.74 Å². The molecule has 0 aliphatic rings. The van der Waals surface area contributed by atoms with Crippen LogP contribution in [0.5, 0.6) is 5.75 Å². The van der Waals surface area contributed by atoms with Crippen molar-refractivity contribution in [1.29, 1.82) is 0 Å². The van der Waals surface area contributed by atoms with Crippen LogP contribution in [0.25, 0.3) is 0 Å². The summed E-state index contributed by atoms with van der Waals surface area (Å²) in [5.74, 6) is 0.818. The summed E-state index contributed by atoms with van der Waals surface area (Å²) >= 11 is 13.4. The molecular weight excluding hydrogens is 391 g/mol. The van der Waals surface area contributed by atoms with Crippen molar-refractivity contribution >= 4 is 43.5 Å². The highest BCUT2D eigenvalue weighted by molar-refractivity contribution is 9.11. The Morgan fingerprint density at radius 3 is 2.47 bits per heavy atom. The van der Waals surface area contributed by atoms with Crippen LogP contribution >= 0.6 is 43.5 Å². The fourth-order valence-electron chi connectivity index (χ4n) is 1.91. The van der Waals surface area contributed by atoms with E-state index in [1.165, 1.54) is 5.56 Å². The van der Waals surface area contributed by atoms with Gasteiger partial charge in [0.05, 0.1) is 11.9 Å². The van der Waals surface area contributed by atoms with Gasteiger partial charge in [0.15, 0.2) is 0 Å². The molecule has 4 heteroatoms. The molecule has 0 fully saturated rings. The smallest absolute Gasteiger partial charge is 0.123 e. The molecule has 2 aromatic carbocycles. The van der Waals surface area contributed by atoms with Crippen LogP contribution in [0.3, 0.4) is 0 Å². The molecule has 0 aromatic heterocycles. The minimum Gasteiger partial charge on any atom is -0.496 e. The maximum Gasteiger partial charge on any atom is 0.123 e. The van der Waals surface area contributed by atoms with Gasteiger partial charge in [-0.25, -0.2) is 0 Å². The lowest BCUT2D eigenvalue weighted by Gasteiger charge is -2.16. The number of aryl methyl sites for hydroxylation is 1. The number of methoxy groups -OCH3 is 1. The van der Waals surface area contributed by atoms with Gasteiger partial charge in [0.2, 0.25) is 0 Å². The fraction of sp³-hybridized carbons (Fsp3) is 0.200. The molecule has 2 aromatic rings. The maximum absolute atomic E-state index is 6.08. The van der Waals surface area contributed by atoms with Gasteiger partial charge in [-0.2, -0.15) is 0 Å². The van der Waals surface area contributed by atoms with Gasteiger partial charge in [-0.3, -0.25) is 0 Å². The molecule has 0 aliphatic carbocycles. The standard InChI is InChI=1S/C15H13Br2ClO/c1-9-3-5-11(13(16)7-9)15(17)12-8-10(18)4-6-14(12)19-2/h3-8,15H,1-2H3. The third-order valence-corrected chi connectivity index (χ3v) is 4.80. The second-order valence-corrected chi connectivity index (χ2v) is 6.48. The summed E-state index contributed by atoms with van der Waals surface area (Å²) in [5, 5.41) is 0.698. The average Bonchev–Trinajstić information content (AvgIpc) is 2.38. The van der Waals surface area contributed by atoms with Crippen molar-refractivity contribution in [3.63, 3.8) is 0 Å². The molecule has 0 aliphatic heterocycles. The van der Waals surface area contributed by atoms with Gasteiger partial charge in [0.1, 0.15) is 5.75 Å². The first-order chi connectivity index (χ1) is 9.02. The molecule has 100 valence electrons. The van der Waals surface area contributed by atoms with Crippen molar-refractivity contribution in [2.24, 2.45) is 0 Å². The third-order valence-electron chi connectivity index (χ3n) is 2.89. The van der Waals surface area contributed by atoms with E-state index in [0.717, 1.165) is 21.3 Å². The number of halogens is 3. The predicted molar refractivity (Wildman–Crippen MR) is 87.7 cm³/mol. The molecule has 19 heavy (non-hydrogen) atoms. The van der Waals surface area contributed by atoms with E-state index < -0.39 is 0 Å². The minimum absolute atomic E-state index is 0.0242. The van der Waals surface area contributed by atoms with Crippen molar-refractivity contribution in [2.45, 2.75) is 11.8 Å². The second kappa shape index (κ2) is 6.29. The van der Waals surface area contributed by atoms with Gasteiger partial charge < -0.3 is 4.74 Å². The molecule has 0 spiro atoms. The van der Waals surface area contributed by atoms with E-state index in [0.29, 0.717) is 5.02 Å². The minimum atomic E-state index is 0.0242. The van der Waals surface area contributed by atoms with Crippen LogP contribution in [0.4, 0.5) is 0 Å². The quantitative estimate of drug-likeness (QED) is 0.579. The zero-order chi connectivity index (χ0) is 14.0. The Hall–Kier alpha value is -0.510. The van der Waals surface area contributed by atoms with E-state index in [1.54, 1.807) is 7.11 Å². The molecule has 1 atom stereocenters. The Kier molecular flexibility index (Phi) is 4.93. The first-order valence-electron chi connectivity index (χ1n) is 5.76. The summed E-state index contributed by atoms with van der Waals surface area (Å²) in [6.45, 7) is 2.07. The zero-order valence-corrected chi connectivity index (χ0v) is 14.5. The van der Waals surface area contributed by atoms with Crippen molar-refractivity contribution < 1.29 is 4.74 Å². The second-order valence-electron chi connectivity index (χ2n) is 4.27. The largest absolute Gasteiger partial charge is 0.496 e. The van der Waals surface area contributed by atoms with Crippen LogP contribution in [0.2, 0.25) is 5.02 Å². The molecule has 1 unspecified atom stereocenters. The van der Waals surface area contributed by atoms with E-state index in [9.17, 15) is 0 Å². The molecule has 0 saturated heterocycles. The average molecular weight is 405 g/mol. The highest BCUT2D eigenvalue weighted by Gasteiger charge is 2.18. The molecule has 0 radical (unpaired) electrons. The third kappa shape index (κ3) is 3.33. The van der Waals surface area contributed by atoms with Crippen molar-refractivity contribution in [2.75, 3.05) is 7.11 Å². The summed E-state index contributed by atoms with van der Waals surface area (Å²) in [7, 11) is 1.66. The maximum atomic E-state index is 6.08. The van der Waals surface area contributed by atoms with Crippen molar-refractivity contribution in [3.05, 3.63) is 62.6 Å². The Labute approximate surface area is 135 Å². The zero-order valence-electron chi connectivity index (χ0n) is 10.6. The number of ether oxygens (including phenoxy) is 1. The Morgan fingerprint density at radius 1 is 1.11 bits per heavy atom. The number of hydrogen-bond acceptors (Lipinski definition) is 1. The van der Waals surface area contributed by atoms with Gasteiger partial charge in [-0.1, -0.05) is 55.6 Å². The first kappa shape index (κ1) is 14.9. The van der Waals surface area contributed by atoms with Gasteiger partial charge in [0, 0.05) is 15.1 Å². The van der Waals surface area contributed by atoms with Crippen LogP contribution in [0.1, 0.15) is 21.5 Å². The first-order valence-corrected chi connectivity index (χ1v) is 7.85. The van der Waals surface area contributed by atoms with Crippen LogP contribution in [0, 0.1) is 6.92 Å². The Balaban J connectivity index is 2.49. The highest BCUT2D eigenvalue weighted by atomic mass is 79.9. The molecule has 2 rings (SSSR count). The lowest BCUT2D eigenvalue weighted by molar-refractivity contribution is 0.410. The number of hydrogen-bond donors (Lipinski definition) is 0. The van der Waals surface area contributed by atoms with Gasteiger partial charge in [-0.05, 0) is 42.3 Å². The van der Waals surface area contributed by atoms with Gasteiger partial charge in [-0.15, -0.1) is 0 Å². The Bertz CT molecular complexity index is 599. The van der Waals surface area contributed by atoms with E-state index in [-0.39, 0.29) is 4.83 Å². The topological polar surface area (TPSA) is 9.23 Å². The van der Waals surface area contributed by atoms with Crippen LogP contribution in [-0.4, -0.2) is 7.11 Å². The summed E-state index contributed by atoms with van der Waals surface area (Å²) in [6.07, 6.45) is 0. The molecule has 0 amide bonds. The van der Waals surface area contributed by atoms with Crippen molar-refractivity contribution in [1.82, 2.24) is 0 Å². The molecule has 0 saturated carbocycles. The highest BCUT2D eigenvalue weighted by Crippen LogP contribution is 2.40. The number of rotatable bonds is 3. The lowest BCUT2D eigenvalue weighted by Crippen LogP contribution is -1.98. The molecule has 0 bridgehead atoms.